The second-order valence-electron chi connectivity index (χ2n) is 6.26. The zero-order chi connectivity index (χ0) is 19.6. The number of carbonyl (C=O) groups is 1. The summed E-state index contributed by atoms with van der Waals surface area (Å²) < 4.78 is 0.699. The number of thiophene rings is 1. The molecule has 0 atom stereocenters. The molecule has 0 spiro atoms. The normalized spacial score (nSPS) is 10.8. The Kier molecular flexibility index (Phi) is 5.77. The van der Waals surface area contributed by atoms with Gasteiger partial charge in [-0.1, -0.05) is 30.7 Å². The van der Waals surface area contributed by atoms with E-state index in [4.69, 9.17) is 21.7 Å². The van der Waals surface area contributed by atoms with Crippen molar-refractivity contribution in [3.63, 3.8) is 0 Å². The highest BCUT2D eigenvalue weighted by molar-refractivity contribution is 7.19. The van der Waals surface area contributed by atoms with Gasteiger partial charge >= 0.3 is 5.97 Å². The third kappa shape index (κ3) is 4.46. The SMILES string of the molecule is CCc1c(C)nc(-c2ccc(Cl)s2)nc1Nc1ccc(CC(=O)O)cc1C. The van der Waals surface area contributed by atoms with Crippen molar-refractivity contribution in [3.8, 4) is 10.7 Å². The molecule has 27 heavy (non-hydrogen) atoms. The van der Waals surface area contributed by atoms with Crippen molar-refractivity contribution in [2.45, 2.75) is 33.6 Å². The Hall–Kier alpha value is -2.44. The number of hydrogen-bond acceptors (Lipinski definition) is 5. The maximum Gasteiger partial charge on any atom is 0.307 e. The summed E-state index contributed by atoms with van der Waals surface area (Å²) in [6.07, 6.45) is 0.813. The molecule has 0 unspecified atom stereocenters. The average Bonchev–Trinajstić information content (AvgIpc) is 3.03. The number of aliphatic carboxylic acids is 1. The number of halogens is 1. The van der Waals surface area contributed by atoms with Crippen LogP contribution in [0.4, 0.5) is 11.5 Å². The van der Waals surface area contributed by atoms with Crippen LogP contribution in [0.15, 0.2) is 30.3 Å². The van der Waals surface area contributed by atoms with Gasteiger partial charge in [-0.05, 0) is 49.6 Å². The molecule has 3 aromatic rings. The second kappa shape index (κ2) is 8.06. The minimum absolute atomic E-state index is 0.0111. The molecule has 0 bridgehead atoms. The number of nitrogens with zero attached hydrogens (tertiary/aromatic N) is 2. The minimum Gasteiger partial charge on any atom is -0.481 e. The third-order valence-corrected chi connectivity index (χ3v) is 5.49. The Morgan fingerprint density at radius 2 is 2.00 bits per heavy atom. The van der Waals surface area contributed by atoms with Crippen LogP contribution in [0.25, 0.3) is 10.7 Å². The molecule has 3 rings (SSSR count). The highest BCUT2D eigenvalue weighted by Gasteiger charge is 2.14. The molecule has 140 valence electrons. The van der Waals surface area contributed by atoms with Gasteiger partial charge in [0.05, 0.1) is 15.6 Å². The van der Waals surface area contributed by atoms with E-state index in [0.717, 1.165) is 45.2 Å². The highest BCUT2D eigenvalue weighted by atomic mass is 35.5. The second-order valence-corrected chi connectivity index (χ2v) is 7.98. The van der Waals surface area contributed by atoms with Crippen LogP contribution in [0.3, 0.4) is 0 Å². The number of carboxylic acid groups (broad SMARTS) is 1. The van der Waals surface area contributed by atoms with E-state index in [1.54, 1.807) is 0 Å². The Morgan fingerprint density at radius 3 is 2.59 bits per heavy atom. The predicted octanol–water partition coefficient (Wildman–Crippen LogP) is 5.41. The van der Waals surface area contributed by atoms with Gasteiger partial charge in [0.25, 0.3) is 0 Å². The van der Waals surface area contributed by atoms with E-state index in [2.05, 4.69) is 17.2 Å². The van der Waals surface area contributed by atoms with Gasteiger partial charge in [0.15, 0.2) is 5.82 Å². The van der Waals surface area contributed by atoms with E-state index >= 15 is 0 Å². The number of nitrogens with one attached hydrogen (secondary N) is 1. The van der Waals surface area contributed by atoms with Crippen LogP contribution in [-0.4, -0.2) is 21.0 Å². The van der Waals surface area contributed by atoms with Gasteiger partial charge in [0.1, 0.15) is 5.82 Å². The molecule has 7 heteroatoms. The Balaban J connectivity index is 1.98. The maximum atomic E-state index is 10.9. The fraction of sp³-hybridized carbons (Fsp3) is 0.250. The molecule has 0 aliphatic heterocycles. The van der Waals surface area contributed by atoms with Crippen LogP contribution < -0.4 is 5.32 Å². The molecule has 5 nitrogen and oxygen atoms in total. The molecule has 1 aromatic carbocycles. The summed E-state index contributed by atoms with van der Waals surface area (Å²) in [6, 6.07) is 9.36. The molecule has 0 amide bonds. The zero-order valence-electron chi connectivity index (χ0n) is 15.3. The molecule has 0 aliphatic rings. The largest absolute Gasteiger partial charge is 0.481 e. The van der Waals surface area contributed by atoms with Gasteiger partial charge < -0.3 is 10.4 Å². The summed E-state index contributed by atoms with van der Waals surface area (Å²) in [4.78, 5) is 21.2. The topological polar surface area (TPSA) is 75.1 Å². The summed E-state index contributed by atoms with van der Waals surface area (Å²) in [6.45, 7) is 6.00. The van der Waals surface area contributed by atoms with Crippen LogP contribution in [-0.2, 0) is 17.6 Å². The number of hydrogen-bond donors (Lipinski definition) is 2. The van der Waals surface area contributed by atoms with Crippen LogP contribution >= 0.6 is 22.9 Å². The Morgan fingerprint density at radius 1 is 1.22 bits per heavy atom. The van der Waals surface area contributed by atoms with Gasteiger partial charge in [-0.2, -0.15) is 0 Å². The standard InChI is InChI=1S/C20H20ClN3O2S/c1-4-14-12(3)22-20(16-7-8-17(21)27-16)24-19(14)23-15-6-5-13(9-11(15)2)10-18(25)26/h5-9H,4,10H2,1-3H3,(H,25,26)(H,22,23,24). The molecule has 0 radical (unpaired) electrons. The van der Waals surface area contributed by atoms with Crippen LogP contribution in [0, 0.1) is 13.8 Å². The van der Waals surface area contributed by atoms with Gasteiger partial charge in [-0.3, -0.25) is 4.79 Å². The summed E-state index contributed by atoms with van der Waals surface area (Å²) >= 11 is 7.50. The first-order valence-corrected chi connectivity index (χ1v) is 9.78. The fourth-order valence-electron chi connectivity index (χ4n) is 2.95. The van der Waals surface area contributed by atoms with E-state index in [0.29, 0.717) is 10.2 Å². The molecule has 2 heterocycles. The highest BCUT2D eigenvalue weighted by Crippen LogP contribution is 2.32. The number of aryl methyl sites for hydroxylation is 2. The van der Waals surface area contributed by atoms with E-state index in [1.807, 2.05) is 44.2 Å². The quantitative estimate of drug-likeness (QED) is 0.577. The van der Waals surface area contributed by atoms with Crippen molar-refractivity contribution in [2.24, 2.45) is 0 Å². The Bertz CT molecular complexity index is 1000. The number of anilines is 2. The van der Waals surface area contributed by atoms with Crippen LogP contribution in [0.5, 0.6) is 0 Å². The lowest BCUT2D eigenvalue weighted by Crippen LogP contribution is -2.06. The van der Waals surface area contributed by atoms with Gasteiger partial charge in [0.2, 0.25) is 0 Å². The predicted molar refractivity (Wildman–Crippen MR) is 110 cm³/mol. The van der Waals surface area contributed by atoms with Gasteiger partial charge in [-0.25, -0.2) is 9.97 Å². The molecular weight excluding hydrogens is 382 g/mol. The number of aromatic nitrogens is 2. The zero-order valence-corrected chi connectivity index (χ0v) is 16.9. The van der Waals surface area contributed by atoms with Crippen molar-refractivity contribution >= 4 is 40.4 Å². The van der Waals surface area contributed by atoms with E-state index in [-0.39, 0.29) is 6.42 Å². The lowest BCUT2D eigenvalue weighted by atomic mass is 10.1. The smallest absolute Gasteiger partial charge is 0.307 e. The van der Waals surface area contributed by atoms with E-state index < -0.39 is 5.97 Å². The van der Waals surface area contributed by atoms with Crippen molar-refractivity contribution in [2.75, 3.05) is 5.32 Å². The summed E-state index contributed by atoms with van der Waals surface area (Å²) in [5.74, 6) is 0.567. The first-order chi connectivity index (χ1) is 12.9. The molecular formula is C20H20ClN3O2S. The first-order valence-electron chi connectivity index (χ1n) is 8.59. The average molecular weight is 402 g/mol. The lowest BCUT2D eigenvalue weighted by Gasteiger charge is -2.15. The van der Waals surface area contributed by atoms with Crippen molar-refractivity contribution in [3.05, 3.63) is 57.1 Å². The summed E-state index contributed by atoms with van der Waals surface area (Å²) in [5.41, 5.74) is 4.61. The monoisotopic (exact) mass is 401 g/mol. The molecule has 0 aliphatic carbocycles. The molecule has 0 saturated heterocycles. The van der Waals surface area contributed by atoms with Crippen LogP contribution in [0.1, 0.15) is 29.3 Å². The fourth-order valence-corrected chi connectivity index (χ4v) is 3.92. The Labute approximate surface area is 167 Å². The number of rotatable bonds is 6. The molecule has 2 N–H and O–H groups in total. The van der Waals surface area contributed by atoms with Crippen molar-refractivity contribution in [1.29, 1.82) is 0 Å². The third-order valence-electron chi connectivity index (χ3n) is 4.26. The molecule has 0 saturated carbocycles. The summed E-state index contributed by atoms with van der Waals surface area (Å²) in [7, 11) is 0. The van der Waals surface area contributed by atoms with Crippen molar-refractivity contribution < 1.29 is 9.90 Å². The number of carboxylic acids is 1. The molecule has 0 fully saturated rings. The summed E-state index contributed by atoms with van der Waals surface area (Å²) in [5, 5.41) is 12.4. The first kappa shape index (κ1) is 19.3. The maximum absolute atomic E-state index is 10.9. The van der Waals surface area contributed by atoms with E-state index in [9.17, 15) is 4.79 Å². The van der Waals surface area contributed by atoms with E-state index in [1.165, 1.54) is 11.3 Å². The van der Waals surface area contributed by atoms with Crippen molar-refractivity contribution in [1.82, 2.24) is 9.97 Å². The molecule has 2 aromatic heterocycles. The number of benzene rings is 1. The van der Waals surface area contributed by atoms with Crippen LogP contribution in [0.2, 0.25) is 4.34 Å². The van der Waals surface area contributed by atoms with Gasteiger partial charge in [-0.15, -0.1) is 11.3 Å². The lowest BCUT2D eigenvalue weighted by molar-refractivity contribution is -0.136. The minimum atomic E-state index is -0.839. The van der Waals surface area contributed by atoms with Gasteiger partial charge in [0, 0.05) is 16.9 Å².